The molecule has 1 saturated carbocycles. The van der Waals surface area contributed by atoms with Crippen LogP contribution in [0.1, 0.15) is 51.5 Å². The molecule has 2 rings (SSSR count). The van der Waals surface area contributed by atoms with Crippen molar-refractivity contribution in [3.8, 4) is 0 Å². The highest BCUT2D eigenvalue weighted by Gasteiger charge is 2.40. The van der Waals surface area contributed by atoms with Crippen LogP contribution in [0.4, 0.5) is 0 Å². The normalized spacial score (nSPS) is 23.6. The van der Waals surface area contributed by atoms with Gasteiger partial charge in [-0.15, -0.1) is 0 Å². The van der Waals surface area contributed by atoms with Crippen molar-refractivity contribution in [2.45, 2.75) is 64.1 Å². The summed E-state index contributed by atoms with van der Waals surface area (Å²) >= 11 is 0. The SMILES string of the molecule is CC(C)(C)[Si](C)(C)OC[C@H]1CCCC(=O)[C@@H]1c1ccccc1. The average molecular weight is 319 g/mol. The fourth-order valence-electron chi connectivity index (χ4n) is 2.95. The Morgan fingerprint density at radius 3 is 2.41 bits per heavy atom. The molecule has 0 heterocycles. The molecule has 0 bridgehead atoms. The van der Waals surface area contributed by atoms with Gasteiger partial charge in [0, 0.05) is 18.9 Å². The van der Waals surface area contributed by atoms with E-state index >= 15 is 0 Å². The third kappa shape index (κ3) is 3.88. The second kappa shape index (κ2) is 6.67. The third-order valence-corrected chi connectivity index (χ3v) is 9.94. The molecule has 1 aromatic carbocycles. The Morgan fingerprint density at radius 2 is 1.82 bits per heavy atom. The molecule has 22 heavy (non-hydrogen) atoms. The monoisotopic (exact) mass is 318 g/mol. The number of Topliss-reactive ketones (excluding diaryl/α,β-unsaturated/α-hetero) is 1. The van der Waals surface area contributed by atoms with E-state index in [1.165, 1.54) is 0 Å². The van der Waals surface area contributed by atoms with Crippen LogP contribution >= 0.6 is 0 Å². The molecule has 0 N–H and O–H groups in total. The number of carbonyl (C=O) groups is 1. The van der Waals surface area contributed by atoms with Gasteiger partial charge in [0.25, 0.3) is 0 Å². The maximum absolute atomic E-state index is 12.5. The first-order valence-electron chi connectivity index (χ1n) is 8.44. The van der Waals surface area contributed by atoms with Gasteiger partial charge in [-0.25, -0.2) is 0 Å². The summed E-state index contributed by atoms with van der Waals surface area (Å²) in [6.45, 7) is 12.1. The lowest BCUT2D eigenvalue weighted by Gasteiger charge is -2.39. The maximum atomic E-state index is 12.5. The van der Waals surface area contributed by atoms with E-state index in [0.29, 0.717) is 11.7 Å². The molecule has 3 heteroatoms. The molecule has 0 saturated heterocycles. The minimum absolute atomic E-state index is 0.0275. The van der Waals surface area contributed by atoms with E-state index in [4.69, 9.17) is 4.43 Å². The van der Waals surface area contributed by atoms with Crippen molar-refractivity contribution in [2.24, 2.45) is 5.92 Å². The summed E-state index contributed by atoms with van der Waals surface area (Å²) < 4.78 is 6.42. The van der Waals surface area contributed by atoms with Crippen LogP contribution in [-0.4, -0.2) is 20.7 Å². The maximum Gasteiger partial charge on any atom is 0.191 e. The fourth-order valence-corrected chi connectivity index (χ4v) is 4.02. The molecule has 1 aliphatic carbocycles. The largest absolute Gasteiger partial charge is 0.417 e. The van der Waals surface area contributed by atoms with E-state index in [9.17, 15) is 4.79 Å². The zero-order chi connectivity index (χ0) is 16.4. The molecule has 0 aromatic heterocycles. The predicted molar refractivity (Wildman–Crippen MR) is 94.7 cm³/mol. The molecular weight excluding hydrogens is 288 g/mol. The molecule has 0 spiro atoms. The van der Waals surface area contributed by atoms with Crippen molar-refractivity contribution in [1.82, 2.24) is 0 Å². The van der Waals surface area contributed by atoms with Gasteiger partial charge < -0.3 is 4.43 Å². The third-order valence-electron chi connectivity index (χ3n) is 5.44. The van der Waals surface area contributed by atoms with Crippen molar-refractivity contribution in [3.05, 3.63) is 35.9 Å². The standard InChI is InChI=1S/C19H30O2Si/c1-19(2,3)22(4,5)21-14-16-12-9-13-17(20)18(16)15-10-7-6-8-11-15/h6-8,10-11,16,18H,9,12-14H2,1-5H3/t16-,18-/m1/s1. The van der Waals surface area contributed by atoms with Gasteiger partial charge in [-0.05, 0) is 42.5 Å². The Kier molecular flexibility index (Phi) is 5.28. The lowest BCUT2D eigenvalue weighted by Crippen LogP contribution is -2.43. The van der Waals surface area contributed by atoms with Crippen LogP contribution in [0.3, 0.4) is 0 Å². The molecule has 1 aromatic rings. The van der Waals surface area contributed by atoms with E-state index in [1.807, 2.05) is 18.2 Å². The molecule has 2 atom stereocenters. The summed E-state index contributed by atoms with van der Waals surface area (Å²) in [5, 5.41) is 0.216. The first-order chi connectivity index (χ1) is 10.2. The van der Waals surface area contributed by atoms with E-state index in [0.717, 1.165) is 31.4 Å². The van der Waals surface area contributed by atoms with Crippen molar-refractivity contribution in [3.63, 3.8) is 0 Å². The number of rotatable bonds is 4. The van der Waals surface area contributed by atoms with Crippen LogP contribution < -0.4 is 0 Å². The van der Waals surface area contributed by atoms with Gasteiger partial charge in [-0.1, -0.05) is 51.1 Å². The lowest BCUT2D eigenvalue weighted by molar-refractivity contribution is -0.124. The smallest absolute Gasteiger partial charge is 0.191 e. The molecular formula is C19H30O2Si. The number of carbonyl (C=O) groups excluding carboxylic acids is 1. The Morgan fingerprint density at radius 1 is 1.18 bits per heavy atom. The van der Waals surface area contributed by atoms with Crippen LogP contribution in [0.25, 0.3) is 0 Å². The number of ketones is 1. The average Bonchev–Trinajstić information content (AvgIpc) is 2.45. The van der Waals surface area contributed by atoms with Crippen molar-refractivity contribution >= 4 is 14.1 Å². The van der Waals surface area contributed by atoms with E-state index in [-0.39, 0.29) is 11.0 Å². The predicted octanol–water partition coefficient (Wildman–Crippen LogP) is 5.16. The van der Waals surface area contributed by atoms with E-state index in [1.54, 1.807) is 0 Å². The van der Waals surface area contributed by atoms with Gasteiger partial charge in [0.05, 0.1) is 0 Å². The van der Waals surface area contributed by atoms with Gasteiger partial charge >= 0.3 is 0 Å². The minimum Gasteiger partial charge on any atom is -0.417 e. The Bertz CT molecular complexity index is 502. The van der Waals surface area contributed by atoms with Crippen molar-refractivity contribution in [1.29, 1.82) is 0 Å². The van der Waals surface area contributed by atoms with Gasteiger partial charge in [0.1, 0.15) is 5.78 Å². The van der Waals surface area contributed by atoms with Crippen LogP contribution in [0, 0.1) is 5.92 Å². The van der Waals surface area contributed by atoms with Gasteiger partial charge in [-0.2, -0.15) is 0 Å². The number of hydrogen-bond donors (Lipinski definition) is 0. The number of hydrogen-bond acceptors (Lipinski definition) is 2. The fraction of sp³-hybridized carbons (Fsp3) is 0.632. The summed E-state index contributed by atoms with van der Waals surface area (Å²) in [6, 6.07) is 10.3. The molecule has 1 aliphatic rings. The Hall–Kier alpha value is -0.933. The zero-order valence-corrected chi connectivity index (χ0v) is 15.7. The molecule has 0 radical (unpaired) electrons. The second-order valence-corrected chi connectivity index (χ2v) is 12.9. The highest BCUT2D eigenvalue weighted by molar-refractivity contribution is 6.74. The molecule has 0 aliphatic heterocycles. The first-order valence-corrected chi connectivity index (χ1v) is 11.3. The topological polar surface area (TPSA) is 26.3 Å². The van der Waals surface area contributed by atoms with Crippen LogP contribution in [0.2, 0.25) is 18.1 Å². The highest BCUT2D eigenvalue weighted by atomic mass is 28.4. The molecule has 2 nitrogen and oxygen atoms in total. The van der Waals surface area contributed by atoms with E-state index in [2.05, 4.69) is 46.0 Å². The summed E-state index contributed by atoms with van der Waals surface area (Å²) in [4.78, 5) is 12.5. The van der Waals surface area contributed by atoms with E-state index < -0.39 is 8.32 Å². The van der Waals surface area contributed by atoms with Gasteiger partial charge in [0.15, 0.2) is 8.32 Å². The lowest BCUT2D eigenvalue weighted by atomic mass is 9.75. The molecule has 122 valence electrons. The van der Waals surface area contributed by atoms with Gasteiger partial charge in [-0.3, -0.25) is 4.79 Å². The summed E-state index contributed by atoms with van der Waals surface area (Å²) in [5.41, 5.74) is 1.16. The Balaban J connectivity index is 2.12. The van der Waals surface area contributed by atoms with Crippen molar-refractivity contribution < 1.29 is 9.22 Å². The van der Waals surface area contributed by atoms with Gasteiger partial charge in [0.2, 0.25) is 0 Å². The molecule has 1 fully saturated rings. The quantitative estimate of drug-likeness (QED) is 0.717. The molecule has 0 unspecified atom stereocenters. The second-order valence-electron chi connectivity index (χ2n) is 8.08. The Labute approximate surface area is 136 Å². The van der Waals surface area contributed by atoms with Crippen molar-refractivity contribution in [2.75, 3.05) is 6.61 Å². The highest BCUT2D eigenvalue weighted by Crippen LogP contribution is 2.40. The first kappa shape index (κ1) is 17.4. The minimum atomic E-state index is -1.75. The number of benzene rings is 1. The zero-order valence-electron chi connectivity index (χ0n) is 14.7. The van der Waals surface area contributed by atoms with Crippen LogP contribution in [-0.2, 0) is 9.22 Å². The molecule has 0 amide bonds. The van der Waals surface area contributed by atoms with Crippen LogP contribution in [0.15, 0.2) is 30.3 Å². The van der Waals surface area contributed by atoms with Crippen LogP contribution in [0.5, 0.6) is 0 Å². The summed E-state index contributed by atoms with van der Waals surface area (Å²) in [7, 11) is -1.75. The summed E-state index contributed by atoms with van der Waals surface area (Å²) in [5.74, 6) is 0.749. The summed E-state index contributed by atoms with van der Waals surface area (Å²) in [6.07, 6.45) is 2.82.